The Morgan fingerprint density at radius 2 is 2.09 bits per heavy atom. The zero-order valence-electron chi connectivity index (χ0n) is 12.8. The molecule has 0 heterocycles. The average Bonchev–Trinajstić information content (AvgIpc) is 3.29. The molecule has 1 saturated carbocycles. The Bertz CT molecular complexity index is 625. The van der Waals surface area contributed by atoms with Gasteiger partial charge in [-0.15, -0.1) is 0 Å². The average molecular weight is 327 g/mol. The molecule has 0 aromatic heterocycles. The first-order chi connectivity index (χ1) is 10.4. The molecule has 1 aromatic rings. The summed E-state index contributed by atoms with van der Waals surface area (Å²) < 4.78 is 32.9. The van der Waals surface area contributed by atoms with Crippen LogP contribution >= 0.6 is 0 Å². The second-order valence-corrected chi connectivity index (χ2v) is 7.12. The smallest absolute Gasteiger partial charge is 0.308 e. The lowest BCUT2D eigenvalue weighted by Crippen LogP contribution is -2.35. The molecular formula is C15H21NO5S. The van der Waals surface area contributed by atoms with Crippen molar-refractivity contribution in [1.82, 2.24) is 4.90 Å². The fourth-order valence-electron chi connectivity index (χ4n) is 2.11. The van der Waals surface area contributed by atoms with E-state index in [1.165, 1.54) is 14.0 Å². The standard InChI is InChI=1S/C15H21NO5S/c1-3-22(18,19)21-14-6-4-5-12(9-14)10-16(13-7-8-13)15(17)11-20-2/h4-6,9,13H,3,7-8,10-11H2,1-2H3. The van der Waals surface area contributed by atoms with Gasteiger partial charge >= 0.3 is 10.1 Å². The normalized spacial score (nSPS) is 14.6. The molecule has 6 nitrogen and oxygen atoms in total. The van der Waals surface area contributed by atoms with Crippen LogP contribution in [0.25, 0.3) is 0 Å². The van der Waals surface area contributed by atoms with Gasteiger partial charge in [0.25, 0.3) is 0 Å². The molecule has 1 aliphatic carbocycles. The number of carbonyl (C=O) groups is 1. The quantitative estimate of drug-likeness (QED) is 0.677. The zero-order chi connectivity index (χ0) is 16.2. The number of hydrogen-bond acceptors (Lipinski definition) is 5. The first-order valence-corrected chi connectivity index (χ1v) is 8.82. The van der Waals surface area contributed by atoms with Gasteiger partial charge in [-0.1, -0.05) is 12.1 Å². The summed E-state index contributed by atoms with van der Waals surface area (Å²) in [6.45, 7) is 2.00. The first-order valence-electron chi connectivity index (χ1n) is 7.24. The fourth-order valence-corrected chi connectivity index (χ4v) is 2.63. The largest absolute Gasteiger partial charge is 0.382 e. The van der Waals surface area contributed by atoms with E-state index in [2.05, 4.69) is 0 Å². The van der Waals surface area contributed by atoms with Crippen molar-refractivity contribution in [2.24, 2.45) is 0 Å². The van der Waals surface area contributed by atoms with Crippen molar-refractivity contribution in [2.45, 2.75) is 32.4 Å². The molecule has 0 unspecified atom stereocenters. The Kier molecular flexibility index (Phi) is 5.42. The van der Waals surface area contributed by atoms with Gasteiger partial charge in [0, 0.05) is 19.7 Å². The summed E-state index contributed by atoms with van der Waals surface area (Å²) in [5.41, 5.74) is 0.833. The molecule has 1 amide bonds. The molecule has 0 atom stereocenters. The Labute approximate surface area is 131 Å². The van der Waals surface area contributed by atoms with Gasteiger partial charge in [-0.25, -0.2) is 0 Å². The highest BCUT2D eigenvalue weighted by molar-refractivity contribution is 7.87. The van der Waals surface area contributed by atoms with Crippen molar-refractivity contribution < 1.29 is 22.1 Å². The summed E-state index contributed by atoms with van der Waals surface area (Å²) in [6.07, 6.45) is 1.99. The van der Waals surface area contributed by atoms with Gasteiger partial charge < -0.3 is 13.8 Å². The summed E-state index contributed by atoms with van der Waals surface area (Å²) in [6, 6.07) is 7.08. The fraction of sp³-hybridized carbons (Fsp3) is 0.533. The number of rotatable bonds is 8. The minimum Gasteiger partial charge on any atom is -0.382 e. The van der Waals surface area contributed by atoms with Crippen molar-refractivity contribution in [3.8, 4) is 5.75 Å². The van der Waals surface area contributed by atoms with E-state index >= 15 is 0 Å². The zero-order valence-corrected chi connectivity index (χ0v) is 13.6. The van der Waals surface area contributed by atoms with E-state index in [9.17, 15) is 13.2 Å². The lowest BCUT2D eigenvalue weighted by atomic mass is 10.2. The van der Waals surface area contributed by atoms with E-state index in [4.69, 9.17) is 8.92 Å². The van der Waals surface area contributed by atoms with Crippen LogP contribution in [0.4, 0.5) is 0 Å². The third kappa shape index (κ3) is 4.71. The van der Waals surface area contributed by atoms with Crippen molar-refractivity contribution in [3.05, 3.63) is 29.8 Å². The van der Waals surface area contributed by atoms with Crippen molar-refractivity contribution in [3.63, 3.8) is 0 Å². The van der Waals surface area contributed by atoms with Gasteiger partial charge in [0.1, 0.15) is 12.4 Å². The summed E-state index contributed by atoms with van der Waals surface area (Å²) in [5, 5.41) is 0. The van der Waals surface area contributed by atoms with E-state index in [0.717, 1.165) is 18.4 Å². The predicted octanol–water partition coefficient (Wildman–Crippen LogP) is 1.55. The number of hydrogen-bond donors (Lipinski definition) is 0. The third-order valence-electron chi connectivity index (χ3n) is 3.40. The van der Waals surface area contributed by atoms with Gasteiger partial charge in [0.15, 0.2) is 0 Å². The van der Waals surface area contributed by atoms with Gasteiger partial charge in [-0.05, 0) is 37.5 Å². The first kappa shape index (κ1) is 16.8. The van der Waals surface area contributed by atoms with Crippen molar-refractivity contribution >= 4 is 16.0 Å². The van der Waals surface area contributed by atoms with Crippen LogP contribution in [0.2, 0.25) is 0 Å². The molecule has 1 aliphatic rings. The maximum absolute atomic E-state index is 12.1. The van der Waals surface area contributed by atoms with Gasteiger partial charge in [0.05, 0.1) is 5.75 Å². The summed E-state index contributed by atoms with van der Waals surface area (Å²) in [4.78, 5) is 13.8. The maximum atomic E-state index is 12.1. The minimum absolute atomic E-state index is 0.0525. The van der Waals surface area contributed by atoms with E-state index in [1.54, 1.807) is 23.1 Å². The lowest BCUT2D eigenvalue weighted by molar-refractivity contribution is -0.136. The second-order valence-electron chi connectivity index (χ2n) is 5.26. The van der Waals surface area contributed by atoms with E-state index in [-0.39, 0.29) is 30.1 Å². The Balaban J connectivity index is 2.10. The van der Waals surface area contributed by atoms with Crippen LogP contribution < -0.4 is 4.18 Å². The van der Waals surface area contributed by atoms with E-state index in [1.807, 2.05) is 6.07 Å². The number of amides is 1. The third-order valence-corrected chi connectivity index (χ3v) is 4.56. The van der Waals surface area contributed by atoms with Crippen molar-refractivity contribution in [1.29, 1.82) is 0 Å². The molecule has 1 fully saturated rings. The Hall–Kier alpha value is -1.60. The Morgan fingerprint density at radius 3 is 2.68 bits per heavy atom. The van der Waals surface area contributed by atoms with E-state index in [0.29, 0.717) is 6.54 Å². The molecule has 0 saturated heterocycles. The number of methoxy groups -OCH3 is 1. The van der Waals surface area contributed by atoms with Crippen LogP contribution in [0.3, 0.4) is 0 Å². The van der Waals surface area contributed by atoms with Crippen molar-refractivity contribution in [2.75, 3.05) is 19.5 Å². The molecular weight excluding hydrogens is 306 g/mol. The van der Waals surface area contributed by atoms with Crippen LogP contribution in [0.15, 0.2) is 24.3 Å². The second kappa shape index (κ2) is 7.11. The number of carbonyl (C=O) groups excluding carboxylic acids is 1. The monoisotopic (exact) mass is 327 g/mol. The molecule has 2 rings (SSSR count). The number of benzene rings is 1. The number of nitrogens with zero attached hydrogens (tertiary/aromatic N) is 1. The highest BCUT2D eigenvalue weighted by Gasteiger charge is 2.32. The highest BCUT2D eigenvalue weighted by atomic mass is 32.2. The molecule has 0 aliphatic heterocycles. The minimum atomic E-state index is -3.55. The molecule has 7 heteroatoms. The molecule has 0 N–H and O–H groups in total. The number of ether oxygens (including phenoxy) is 1. The van der Waals surface area contributed by atoms with E-state index < -0.39 is 10.1 Å². The predicted molar refractivity (Wildman–Crippen MR) is 82.0 cm³/mol. The van der Waals surface area contributed by atoms with Gasteiger partial charge in [-0.2, -0.15) is 8.42 Å². The maximum Gasteiger partial charge on any atom is 0.308 e. The van der Waals surface area contributed by atoms with Gasteiger partial charge in [0.2, 0.25) is 5.91 Å². The summed E-state index contributed by atoms with van der Waals surface area (Å²) in [7, 11) is -2.05. The molecule has 0 bridgehead atoms. The molecule has 0 spiro atoms. The van der Waals surface area contributed by atoms with Crippen LogP contribution in [0.1, 0.15) is 25.3 Å². The SMILES string of the molecule is CCS(=O)(=O)Oc1cccc(CN(C(=O)COC)C2CC2)c1. The highest BCUT2D eigenvalue weighted by Crippen LogP contribution is 2.29. The molecule has 0 radical (unpaired) electrons. The molecule has 22 heavy (non-hydrogen) atoms. The van der Waals surface area contributed by atoms with Gasteiger partial charge in [-0.3, -0.25) is 4.79 Å². The summed E-state index contributed by atoms with van der Waals surface area (Å²) in [5.74, 6) is 0.129. The summed E-state index contributed by atoms with van der Waals surface area (Å²) >= 11 is 0. The van der Waals surface area contributed by atoms with Crippen LogP contribution in [-0.2, 0) is 26.2 Å². The van der Waals surface area contributed by atoms with Crippen LogP contribution in [0.5, 0.6) is 5.75 Å². The molecule has 122 valence electrons. The Morgan fingerprint density at radius 1 is 1.36 bits per heavy atom. The molecule has 1 aromatic carbocycles. The van der Waals surface area contributed by atoms with Crippen LogP contribution in [0, 0.1) is 0 Å². The van der Waals surface area contributed by atoms with Crippen LogP contribution in [-0.4, -0.2) is 44.7 Å². The lowest BCUT2D eigenvalue weighted by Gasteiger charge is -2.22. The topological polar surface area (TPSA) is 72.9 Å².